The van der Waals surface area contributed by atoms with Gasteiger partial charge in [0.25, 0.3) is 0 Å². The summed E-state index contributed by atoms with van der Waals surface area (Å²) in [6.07, 6.45) is 4.46. The number of hydrogen-bond acceptors (Lipinski definition) is 3. The third-order valence-electron chi connectivity index (χ3n) is 4.84. The van der Waals surface area contributed by atoms with Crippen LogP contribution in [-0.2, 0) is 11.2 Å². The van der Waals surface area contributed by atoms with Crippen molar-refractivity contribution in [1.29, 1.82) is 0 Å². The van der Waals surface area contributed by atoms with Gasteiger partial charge in [-0.1, -0.05) is 17.7 Å². The van der Waals surface area contributed by atoms with Gasteiger partial charge in [0.2, 0.25) is 5.91 Å². The van der Waals surface area contributed by atoms with Gasteiger partial charge in [0.15, 0.2) is 0 Å². The van der Waals surface area contributed by atoms with E-state index < -0.39 is 0 Å². The lowest BCUT2D eigenvalue weighted by atomic mass is 9.95. The van der Waals surface area contributed by atoms with Crippen molar-refractivity contribution < 1.29 is 9.53 Å². The third kappa shape index (κ3) is 2.86. The normalized spacial score (nSPS) is 22.8. The molecule has 0 radical (unpaired) electrons. The summed E-state index contributed by atoms with van der Waals surface area (Å²) in [7, 11) is 0. The van der Waals surface area contributed by atoms with E-state index in [1.165, 1.54) is 0 Å². The number of pyridine rings is 1. The number of likely N-dealkylation sites (tertiary alicyclic amines) is 1. The number of benzene rings is 1. The fourth-order valence-corrected chi connectivity index (χ4v) is 3.86. The number of halogens is 1. The van der Waals surface area contributed by atoms with Crippen molar-refractivity contribution in [2.24, 2.45) is 5.92 Å². The Hall–Kier alpha value is -2.07. The van der Waals surface area contributed by atoms with Crippen molar-refractivity contribution in [3.8, 4) is 5.75 Å². The maximum Gasteiger partial charge on any atom is 0.230 e. The Bertz CT molecular complexity index is 750. The first-order valence-electron chi connectivity index (χ1n) is 8.35. The molecule has 2 aromatic rings. The lowest BCUT2D eigenvalue weighted by molar-refractivity contribution is -0.138. The molecule has 2 atom stereocenters. The standard InChI is InChI=1S/C19H19ClN2O2/c20-15-6-7-18-13(11-15)10-14(12-24-18)19(23)22-9-3-5-17(22)16-4-1-2-8-21-16/h1-2,4,6-8,11,14,17H,3,5,9-10,12H2/t14-,17-/m0/s1. The van der Waals surface area contributed by atoms with E-state index in [1.807, 2.05) is 41.3 Å². The van der Waals surface area contributed by atoms with Gasteiger partial charge in [-0.2, -0.15) is 0 Å². The molecule has 4 nitrogen and oxygen atoms in total. The van der Waals surface area contributed by atoms with Crippen molar-refractivity contribution in [3.63, 3.8) is 0 Å². The zero-order chi connectivity index (χ0) is 16.5. The minimum absolute atomic E-state index is 0.0828. The Morgan fingerprint density at radius 2 is 2.21 bits per heavy atom. The van der Waals surface area contributed by atoms with Gasteiger partial charge < -0.3 is 9.64 Å². The first-order valence-corrected chi connectivity index (χ1v) is 8.73. The Morgan fingerprint density at radius 1 is 1.29 bits per heavy atom. The quantitative estimate of drug-likeness (QED) is 0.836. The highest BCUT2D eigenvalue weighted by Crippen LogP contribution is 2.35. The smallest absolute Gasteiger partial charge is 0.230 e. The summed E-state index contributed by atoms with van der Waals surface area (Å²) in [4.78, 5) is 19.5. The number of amides is 1. The highest BCUT2D eigenvalue weighted by Gasteiger charge is 2.36. The van der Waals surface area contributed by atoms with Crippen molar-refractivity contribution in [2.75, 3.05) is 13.2 Å². The topological polar surface area (TPSA) is 42.4 Å². The fourth-order valence-electron chi connectivity index (χ4n) is 3.67. The monoisotopic (exact) mass is 342 g/mol. The molecule has 1 aromatic carbocycles. The zero-order valence-corrected chi connectivity index (χ0v) is 14.1. The zero-order valence-electron chi connectivity index (χ0n) is 13.3. The van der Waals surface area contributed by atoms with Crippen LogP contribution in [0.25, 0.3) is 0 Å². The van der Waals surface area contributed by atoms with Crippen LogP contribution in [0.3, 0.4) is 0 Å². The SMILES string of the molecule is O=C([C@@H]1COc2ccc(Cl)cc2C1)N1CCC[C@H]1c1ccccn1. The van der Waals surface area contributed by atoms with Gasteiger partial charge in [-0.3, -0.25) is 9.78 Å². The average Bonchev–Trinajstić information content (AvgIpc) is 3.11. The van der Waals surface area contributed by atoms with Crippen molar-refractivity contribution in [1.82, 2.24) is 9.88 Å². The van der Waals surface area contributed by atoms with Crippen LogP contribution in [0.5, 0.6) is 5.75 Å². The average molecular weight is 343 g/mol. The summed E-state index contributed by atoms with van der Waals surface area (Å²) in [5.41, 5.74) is 1.99. The molecule has 2 aliphatic heterocycles. The summed E-state index contributed by atoms with van der Waals surface area (Å²) >= 11 is 6.08. The molecule has 1 aromatic heterocycles. The molecular formula is C19H19ClN2O2. The molecule has 1 saturated heterocycles. The van der Waals surface area contributed by atoms with Gasteiger partial charge in [-0.25, -0.2) is 0 Å². The molecule has 4 rings (SSSR count). The maximum atomic E-state index is 13.1. The highest BCUT2D eigenvalue weighted by atomic mass is 35.5. The van der Waals surface area contributed by atoms with E-state index in [2.05, 4.69) is 4.98 Å². The second kappa shape index (κ2) is 6.44. The minimum atomic E-state index is -0.153. The second-order valence-corrected chi connectivity index (χ2v) is 6.84. The number of hydrogen-bond donors (Lipinski definition) is 0. The summed E-state index contributed by atoms with van der Waals surface area (Å²) in [6, 6.07) is 11.6. The Labute approximate surface area is 146 Å². The molecule has 5 heteroatoms. The summed E-state index contributed by atoms with van der Waals surface area (Å²) < 4.78 is 5.79. The van der Waals surface area contributed by atoms with Crippen LogP contribution in [0.15, 0.2) is 42.6 Å². The molecule has 0 bridgehead atoms. The fraction of sp³-hybridized carbons (Fsp3) is 0.368. The Morgan fingerprint density at radius 3 is 3.04 bits per heavy atom. The molecule has 0 unspecified atom stereocenters. The molecular weight excluding hydrogens is 324 g/mol. The molecule has 0 N–H and O–H groups in total. The first kappa shape index (κ1) is 15.5. The van der Waals surface area contributed by atoms with E-state index in [4.69, 9.17) is 16.3 Å². The molecule has 2 aliphatic rings. The minimum Gasteiger partial charge on any atom is -0.492 e. The van der Waals surface area contributed by atoms with Gasteiger partial charge in [-0.05, 0) is 55.2 Å². The van der Waals surface area contributed by atoms with Crippen LogP contribution in [0.1, 0.15) is 30.1 Å². The number of carbonyl (C=O) groups excluding carboxylic acids is 1. The van der Waals surface area contributed by atoms with Crippen LogP contribution >= 0.6 is 11.6 Å². The molecule has 0 spiro atoms. The van der Waals surface area contributed by atoms with Gasteiger partial charge >= 0.3 is 0 Å². The highest BCUT2D eigenvalue weighted by molar-refractivity contribution is 6.30. The lowest BCUT2D eigenvalue weighted by Gasteiger charge is -2.31. The van der Waals surface area contributed by atoms with Crippen LogP contribution in [-0.4, -0.2) is 28.9 Å². The molecule has 24 heavy (non-hydrogen) atoms. The first-order chi connectivity index (χ1) is 11.7. The molecule has 0 saturated carbocycles. The van der Waals surface area contributed by atoms with Gasteiger partial charge in [0, 0.05) is 17.8 Å². The summed E-state index contributed by atoms with van der Waals surface area (Å²) in [5, 5.41) is 0.679. The summed E-state index contributed by atoms with van der Waals surface area (Å²) in [6.45, 7) is 1.22. The van der Waals surface area contributed by atoms with E-state index >= 15 is 0 Å². The predicted molar refractivity (Wildman–Crippen MR) is 92.1 cm³/mol. The number of fused-ring (bicyclic) bond motifs is 1. The maximum absolute atomic E-state index is 13.1. The molecule has 3 heterocycles. The van der Waals surface area contributed by atoms with E-state index in [0.29, 0.717) is 18.1 Å². The van der Waals surface area contributed by atoms with Crippen LogP contribution < -0.4 is 4.74 Å². The van der Waals surface area contributed by atoms with Crippen molar-refractivity contribution in [3.05, 3.63) is 58.9 Å². The Kier molecular flexibility index (Phi) is 4.15. The number of nitrogens with zero attached hydrogens (tertiary/aromatic N) is 2. The van der Waals surface area contributed by atoms with Gasteiger partial charge in [0.1, 0.15) is 12.4 Å². The van der Waals surface area contributed by atoms with Crippen molar-refractivity contribution in [2.45, 2.75) is 25.3 Å². The number of carbonyl (C=O) groups is 1. The molecule has 1 fully saturated rings. The van der Waals surface area contributed by atoms with E-state index in [0.717, 1.165) is 36.4 Å². The third-order valence-corrected chi connectivity index (χ3v) is 5.08. The van der Waals surface area contributed by atoms with E-state index in [-0.39, 0.29) is 17.9 Å². The molecule has 0 aliphatic carbocycles. The predicted octanol–water partition coefficient (Wildman–Crippen LogP) is 3.65. The molecule has 1 amide bonds. The van der Waals surface area contributed by atoms with Crippen LogP contribution in [0.4, 0.5) is 0 Å². The van der Waals surface area contributed by atoms with Crippen LogP contribution in [0, 0.1) is 5.92 Å². The van der Waals surface area contributed by atoms with E-state index in [9.17, 15) is 4.79 Å². The number of aromatic nitrogens is 1. The number of rotatable bonds is 2. The van der Waals surface area contributed by atoms with Gasteiger partial charge in [-0.15, -0.1) is 0 Å². The van der Waals surface area contributed by atoms with Crippen LogP contribution in [0.2, 0.25) is 5.02 Å². The lowest BCUT2D eigenvalue weighted by Crippen LogP contribution is -2.40. The van der Waals surface area contributed by atoms with E-state index in [1.54, 1.807) is 6.20 Å². The van der Waals surface area contributed by atoms with Crippen molar-refractivity contribution >= 4 is 17.5 Å². The van der Waals surface area contributed by atoms with Gasteiger partial charge in [0.05, 0.1) is 17.7 Å². The second-order valence-electron chi connectivity index (χ2n) is 6.41. The Balaban J connectivity index is 1.53. The number of ether oxygens (including phenoxy) is 1. The largest absolute Gasteiger partial charge is 0.492 e. The molecule has 124 valence electrons. The summed E-state index contributed by atoms with van der Waals surface area (Å²) in [5.74, 6) is 0.847.